The number of rotatable bonds is 3. The van der Waals surface area contributed by atoms with E-state index in [4.69, 9.17) is 4.74 Å². The molecule has 1 unspecified atom stereocenters. The second-order valence-electron chi connectivity index (χ2n) is 6.42. The van der Waals surface area contributed by atoms with E-state index >= 15 is 0 Å². The van der Waals surface area contributed by atoms with Gasteiger partial charge in [-0.25, -0.2) is 4.98 Å². The summed E-state index contributed by atoms with van der Waals surface area (Å²) >= 11 is 0. The minimum Gasteiger partial charge on any atom is -0.375 e. The van der Waals surface area contributed by atoms with Gasteiger partial charge in [-0.1, -0.05) is 0 Å². The Kier molecular flexibility index (Phi) is 4.56. The number of methoxy groups -OCH3 is 1. The molecule has 2 saturated heterocycles. The predicted molar refractivity (Wildman–Crippen MR) is 82.7 cm³/mol. The van der Waals surface area contributed by atoms with E-state index in [1.165, 1.54) is 19.5 Å². The van der Waals surface area contributed by atoms with Crippen LogP contribution in [0, 0.1) is 5.41 Å². The Labute approximate surface area is 135 Å². The summed E-state index contributed by atoms with van der Waals surface area (Å²) < 4.78 is 4.94. The summed E-state index contributed by atoms with van der Waals surface area (Å²) in [7, 11) is 1.53. The quantitative estimate of drug-likeness (QED) is 0.815. The zero-order valence-electron chi connectivity index (χ0n) is 13.4. The van der Waals surface area contributed by atoms with Gasteiger partial charge in [0, 0.05) is 51.1 Å². The zero-order chi connectivity index (χ0) is 16.3. The monoisotopic (exact) mass is 318 g/mol. The molecule has 2 fully saturated rings. The highest BCUT2D eigenvalue weighted by Gasteiger charge is 2.43. The fourth-order valence-electron chi connectivity index (χ4n) is 3.65. The number of nitrogens with zero attached hydrogens (tertiary/aromatic N) is 4. The largest absolute Gasteiger partial charge is 0.375 e. The van der Waals surface area contributed by atoms with E-state index in [1.807, 2.05) is 9.80 Å². The van der Waals surface area contributed by atoms with Crippen LogP contribution in [0.2, 0.25) is 0 Å². The highest BCUT2D eigenvalue weighted by molar-refractivity contribution is 5.92. The molecule has 1 aromatic heterocycles. The molecule has 3 heterocycles. The molecular formula is C16H22N4O3. The van der Waals surface area contributed by atoms with E-state index in [2.05, 4.69) is 9.97 Å². The molecule has 2 aliphatic heterocycles. The van der Waals surface area contributed by atoms with E-state index in [0.29, 0.717) is 18.8 Å². The standard InChI is InChI=1S/C16H22N4O3/c1-23-10-14(21)19-8-4-16(11-19)3-2-7-20(12-16)15(22)13-9-17-5-6-18-13/h5-6,9H,2-4,7-8,10-12H2,1H3. The topological polar surface area (TPSA) is 75.6 Å². The van der Waals surface area contributed by atoms with Crippen molar-refractivity contribution in [2.45, 2.75) is 19.3 Å². The maximum atomic E-state index is 12.6. The Morgan fingerprint density at radius 2 is 2.04 bits per heavy atom. The molecule has 23 heavy (non-hydrogen) atoms. The van der Waals surface area contributed by atoms with Crippen LogP contribution in [-0.2, 0) is 9.53 Å². The maximum absolute atomic E-state index is 12.6. The number of hydrogen-bond donors (Lipinski definition) is 0. The molecule has 0 bridgehead atoms. The van der Waals surface area contributed by atoms with Gasteiger partial charge in [-0.2, -0.15) is 0 Å². The molecule has 0 radical (unpaired) electrons. The molecule has 0 aromatic carbocycles. The molecule has 2 amide bonds. The van der Waals surface area contributed by atoms with Crippen molar-refractivity contribution in [3.05, 3.63) is 24.3 Å². The third-order valence-electron chi connectivity index (χ3n) is 4.79. The van der Waals surface area contributed by atoms with Gasteiger partial charge in [0.15, 0.2) is 0 Å². The Hall–Kier alpha value is -2.02. The molecule has 2 aliphatic rings. The molecule has 3 rings (SSSR count). The van der Waals surface area contributed by atoms with Gasteiger partial charge in [0.05, 0.1) is 6.20 Å². The van der Waals surface area contributed by atoms with Gasteiger partial charge in [-0.3, -0.25) is 14.6 Å². The number of amides is 2. The van der Waals surface area contributed by atoms with Crippen molar-refractivity contribution in [1.82, 2.24) is 19.8 Å². The highest BCUT2D eigenvalue weighted by Crippen LogP contribution is 2.39. The number of aromatic nitrogens is 2. The smallest absolute Gasteiger partial charge is 0.274 e. The summed E-state index contributed by atoms with van der Waals surface area (Å²) in [6.07, 6.45) is 7.55. The van der Waals surface area contributed by atoms with Crippen molar-refractivity contribution < 1.29 is 14.3 Å². The lowest BCUT2D eigenvalue weighted by Crippen LogP contribution is -2.48. The molecule has 1 aromatic rings. The summed E-state index contributed by atoms with van der Waals surface area (Å²) in [6, 6.07) is 0. The number of hydrogen-bond acceptors (Lipinski definition) is 5. The van der Waals surface area contributed by atoms with Crippen molar-refractivity contribution in [2.75, 3.05) is 39.9 Å². The number of carbonyl (C=O) groups excluding carboxylic acids is 2. The molecule has 0 N–H and O–H groups in total. The first-order valence-corrected chi connectivity index (χ1v) is 7.96. The van der Waals surface area contributed by atoms with Crippen LogP contribution in [-0.4, -0.2) is 71.5 Å². The summed E-state index contributed by atoms with van der Waals surface area (Å²) in [5.41, 5.74) is 0.398. The zero-order valence-corrected chi connectivity index (χ0v) is 13.4. The fourth-order valence-corrected chi connectivity index (χ4v) is 3.65. The molecule has 1 spiro atoms. The van der Waals surface area contributed by atoms with Crippen LogP contribution < -0.4 is 0 Å². The molecule has 0 saturated carbocycles. The van der Waals surface area contributed by atoms with Crippen LogP contribution >= 0.6 is 0 Å². The predicted octanol–water partition coefficient (Wildman–Crippen LogP) is 0.578. The maximum Gasteiger partial charge on any atom is 0.274 e. The lowest BCUT2D eigenvalue weighted by molar-refractivity contribution is -0.134. The van der Waals surface area contributed by atoms with Gasteiger partial charge >= 0.3 is 0 Å². The molecule has 1 atom stereocenters. The van der Waals surface area contributed by atoms with Gasteiger partial charge in [-0.15, -0.1) is 0 Å². The van der Waals surface area contributed by atoms with Gasteiger partial charge in [-0.05, 0) is 19.3 Å². The highest BCUT2D eigenvalue weighted by atomic mass is 16.5. The van der Waals surface area contributed by atoms with Crippen molar-refractivity contribution in [3.8, 4) is 0 Å². The van der Waals surface area contributed by atoms with Gasteiger partial charge in [0.25, 0.3) is 5.91 Å². The molecule has 7 heteroatoms. The van der Waals surface area contributed by atoms with Gasteiger partial charge < -0.3 is 14.5 Å². The Morgan fingerprint density at radius 3 is 2.78 bits per heavy atom. The van der Waals surface area contributed by atoms with E-state index in [1.54, 1.807) is 6.20 Å². The van der Waals surface area contributed by atoms with Crippen LogP contribution in [0.3, 0.4) is 0 Å². The van der Waals surface area contributed by atoms with Crippen molar-refractivity contribution in [2.24, 2.45) is 5.41 Å². The van der Waals surface area contributed by atoms with Crippen LogP contribution in [0.5, 0.6) is 0 Å². The first-order chi connectivity index (χ1) is 11.1. The average Bonchev–Trinajstić information content (AvgIpc) is 2.99. The number of likely N-dealkylation sites (tertiary alicyclic amines) is 2. The molecule has 0 aliphatic carbocycles. The van der Waals surface area contributed by atoms with E-state index in [9.17, 15) is 9.59 Å². The third-order valence-corrected chi connectivity index (χ3v) is 4.79. The number of ether oxygens (including phenoxy) is 1. The van der Waals surface area contributed by atoms with Gasteiger partial charge in [0.2, 0.25) is 5.91 Å². The number of piperidine rings is 1. The molecular weight excluding hydrogens is 296 g/mol. The van der Waals surface area contributed by atoms with Crippen LogP contribution in [0.25, 0.3) is 0 Å². The normalized spacial score (nSPS) is 24.2. The van der Waals surface area contributed by atoms with Crippen LogP contribution in [0.15, 0.2) is 18.6 Å². The minimum absolute atomic E-state index is 0.0134. The summed E-state index contributed by atoms with van der Waals surface area (Å²) in [5.74, 6) is -0.0411. The van der Waals surface area contributed by atoms with Gasteiger partial charge in [0.1, 0.15) is 12.3 Å². The fraction of sp³-hybridized carbons (Fsp3) is 0.625. The summed E-state index contributed by atoms with van der Waals surface area (Å²) in [5, 5.41) is 0. The van der Waals surface area contributed by atoms with Crippen molar-refractivity contribution in [3.63, 3.8) is 0 Å². The lowest BCUT2D eigenvalue weighted by atomic mass is 9.79. The van der Waals surface area contributed by atoms with Crippen LogP contribution in [0.1, 0.15) is 29.8 Å². The van der Waals surface area contributed by atoms with E-state index < -0.39 is 0 Å². The Morgan fingerprint density at radius 1 is 1.22 bits per heavy atom. The molecule has 124 valence electrons. The SMILES string of the molecule is COCC(=O)N1CCC2(CCCN(C(=O)c3cnccn3)C2)C1. The summed E-state index contributed by atoms with van der Waals surface area (Å²) in [6.45, 7) is 3.00. The summed E-state index contributed by atoms with van der Waals surface area (Å²) in [4.78, 5) is 36.4. The minimum atomic E-state index is -0.0705. The lowest BCUT2D eigenvalue weighted by Gasteiger charge is -2.40. The first-order valence-electron chi connectivity index (χ1n) is 7.96. The van der Waals surface area contributed by atoms with Crippen molar-refractivity contribution >= 4 is 11.8 Å². The Balaban J connectivity index is 1.67. The second-order valence-corrected chi connectivity index (χ2v) is 6.42. The Bertz CT molecular complexity index is 580. The second kappa shape index (κ2) is 6.62. The van der Waals surface area contributed by atoms with Crippen LogP contribution in [0.4, 0.5) is 0 Å². The first kappa shape index (κ1) is 15.9. The molecule has 7 nitrogen and oxygen atoms in total. The average molecular weight is 318 g/mol. The number of carbonyl (C=O) groups is 2. The van der Waals surface area contributed by atoms with Crippen molar-refractivity contribution in [1.29, 1.82) is 0 Å². The third kappa shape index (κ3) is 3.34. The van der Waals surface area contributed by atoms with E-state index in [0.717, 1.165) is 32.4 Å². The van der Waals surface area contributed by atoms with E-state index in [-0.39, 0.29) is 23.8 Å².